The number of benzene rings is 1. The van der Waals surface area contributed by atoms with E-state index in [0.717, 1.165) is 10.2 Å². The van der Waals surface area contributed by atoms with Crippen molar-refractivity contribution in [3.8, 4) is 0 Å². The van der Waals surface area contributed by atoms with Crippen molar-refractivity contribution in [1.82, 2.24) is 14.6 Å². The fourth-order valence-corrected chi connectivity index (χ4v) is 5.20. The SMILES string of the molecule is CC1CN(S(=O)(=O)CCNC(=O)Nc2nc3ccccc3s2)CC(C)O1. The van der Waals surface area contributed by atoms with Crippen LogP contribution < -0.4 is 10.6 Å². The Labute approximate surface area is 156 Å². The average Bonchev–Trinajstić information content (AvgIpc) is 2.95. The van der Waals surface area contributed by atoms with E-state index >= 15 is 0 Å². The molecule has 2 amide bonds. The number of amides is 2. The van der Waals surface area contributed by atoms with Gasteiger partial charge >= 0.3 is 6.03 Å². The zero-order valence-corrected chi connectivity index (χ0v) is 16.3. The van der Waals surface area contributed by atoms with Crippen LogP contribution in [0.25, 0.3) is 10.2 Å². The summed E-state index contributed by atoms with van der Waals surface area (Å²) in [5, 5.41) is 5.69. The number of aromatic nitrogens is 1. The number of urea groups is 1. The summed E-state index contributed by atoms with van der Waals surface area (Å²) in [5.74, 6) is -0.153. The third-order valence-electron chi connectivity index (χ3n) is 3.94. The van der Waals surface area contributed by atoms with Gasteiger partial charge in [0.25, 0.3) is 0 Å². The van der Waals surface area contributed by atoms with Crippen molar-refractivity contribution in [2.75, 3.05) is 30.7 Å². The average molecular weight is 399 g/mol. The van der Waals surface area contributed by atoms with Gasteiger partial charge < -0.3 is 10.1 Å². The standard InChI is InChI=1S/C16H22N4O4S2/c1-11-9-20(10-12(2)24-11)26(22,23)8-7-17-15(21)19-16-18-13-5-3-4-6-14(13)25-16/h3-6,11-12H,7-10H2,1-2H3,(H2,17,18,19,21). The molecule has 0 spiro atoms. The number of anilines is 1. The van der Waals surface area contributed by atoms with E-state index in [-0.39, 0.29) is 24.5 Å². The number of para-hydroxylation sites is 1. The summed E-state index contributed by atoms with van der Waals surface area (Å²) in [6, 6.07) is 7.11. The second kappa shape index (κ2) is 7.87. The van der Waals surface area contributed by atoms with Crippen LogP contribution in [0.4, 0.5) is 9.93 Å². The molecule has 10 heteroatoms. The summed E-state index contributed by atoms with van der Waals surface area (Å²) in [7, 11) is -3.44. The molecule has 0 radical (unpaired) electrons. The number of carbonyl (C=O) groups is 1. The lowest BCUT2D eigenvalue weighted by molar-refractivity contribution is -0.0440. The van der Waals surface area contributed by atoms with E-state index in [0.29, 0.717) is 18.2 Å². The lowest BCUT2D eigenvalue weighted by Gasteiger charge is -2.34. The molecule has 2 N–H and O–H groups in total. The van der Waals surface area contributed by atoms with Gasteiger partial charge in [-0.2, -0.15) is 4.31 Å². The highest BCUT2D eigenvalue weighted by Crippen LogP contribution is 2.25. The van der Waals surface area contributed by atoms with E-state index < -0.39 is 16.1 Å². The number of nitrogens with one attached hydrogen (secondary N) is 2. The number of hydrogen-bond donors (Lipinski definition) is 2. The summed E-state index contributed by atoms with van der Waals surface area (Å²) in [5.41, 5.74) is 0.811. The highest BCUT2D eigenvalue weighted by Gasteiger charge is 2.30. The first kappa shape index (κ1) is 19.0. The third-order valence-corrected chi connectivity index (χ3v) is 6.70. The maximum Gasteiger partial charge on any atom is 0.321 e. The van der Waals surface area contributed by atoms with Crippen molar-refractivity contribution in [2.45, 2.75) is 26.1 Å². The molecule has 1 aromatic carbocycles. The molecule has 2 heterocycles. The van der Waals surface area contributed by atoms with Crippen LogP contribution >= 0.6 is 11.3 Å². The van der Waals surface area contributed by atoms with Gasteiger partial charge in [-0.05, 0) is 26.0 Å². The van der Waals surface area contributed by atoms with E-state index in [1.807, 2.05) is 38.1 Å². The largest absolute Gasteiger partial charge is 0.373 e. The number of ether oxygens (including phenoxy) is 1. The number of nitrogens with zero attached hydrogens (tertiary/aromatic N) is 2. The molecule has 1 aromatic heterocycles. The number of rotatable bonds is 5. The lowest BCUT2D eigenvalue weighted by atomic mass is 10.3. The van der Waals surface area contributed by atoms with Gasteiger partial charge in [0.05, 0.1) is 28.2 Å². The van der Waals surface area contributed by atoms with E-state index in [1.165, 1.54) is 15.6 Å². The summed E-state index contributed by atoms with van der Waals surface area (Å²) < 4.78 is 32.8. The van der Waals surface area contributed by atoms with E-state index in [4.69, 9.17) is 4.74 Å². The molecule has 0 bridgehead atoms. The van der Waals surface area contributed by atoms with Crippen LogP contribution in [-0.4, -0.2) is 61.3 Å². The van der Waals surface area contributed by atoms with E-state index in [9.17, 15) is 13.2 Å². The van der Waals surface area contributed by atoms with E-state index in [1.54, 1.807) is 0 Å². The summed E-state index contributed by atoms with van der Waals surface area (Å²) in [6.07, 6.45) is -0.271. The smallest absolute Gasteiger partial charge is 0.321 e. The normalized spacial score (nSPS) is 21.6. The van der Waals surface area contributed by atoms with Gasteiger partial charge in [0.2, 0.25) is 10.0 Å². The van der Waals surface area contributed by atoms with Gasteiger partial charge in [0, 0.05) is 19.6 Å². The molecular weight excluding hydrogens is 376 g/mol. The Kier molecular flexibility index (Phi) is 5.76. The monoisotopic (exact) mass is 398 g/mol. The van der Waals surface area contributed by atoms with Gasteiger partial charge in [0.1, 0.15) is 0 Å². The molecule has 0 saturated carbocycles. The predicted octanol–water partition coefficient (Wildman–Crippen LogP) is 1.86. The molecule has 2 atom stereocenters. The van der Waals surface area contributed by atoms with Crippen LogP contribution in [0.5, 0.6) is 0 Å². The predicted molar refractivity (Wildman–Crippen MR) is 102 cm³/mol. The molecule has 1 aliphatic rings. The third kappa shape index (κ3) is 4.70. The minimum atomic E-state index is -3.44. The van der Waals surface area contributed by atoms with Gasteiger partial charge in [-0.3, -0.25) is 5.32 Å². The molecule has 0 aliphatic carbocycles. The maximum absolute atomic E-state index is 12.4. The summed E-state index contributed by atoms with van der Waals surface area (Å²) >= 11 is 1.36. The molecule has 26 heavy (non-hydrogen) atoms. The van der Waals surface area contributed by atoms with Crippen LogP contribution in [-0.2, 0) is 14.8 Å². The molecule has 8 nitrogen and oxygen atoms in total. The van der Waals surface area contributed by atoms with Crippen LogP contribution in [0, 0.1) is 0 Å². The molecule has 1 fully saturated rings. The Morgan fingerprint density at radius 1 is 1.31 bits per heavy atom. The second-order valence-electron chi connectivity index (χ2n) is 6.26. The fraction of sp³-hybridized carbons (Fsp3) is 0.500. The fourth-order valence-electron chi connectivity index (χ4n) is 2.85. The Balaban J connectivity index is 1.49. The van der Waals surface area contributed by atoms with Crippen LogP contribution in [0.3, 0.4) is 0 Å². The number of fused-ring (bicyclic) bond motifs is 1. The van der Waals surface area contributed by atoms with Crippen molar-refractivity contribution in [1.29, 1.82) is 0 Å². The zero-order chi connectivity index (χ0) is 18.7. The first-order valence-corrected chi connectivity index (χ1v) is 10.8. The van der Waals surface area contributed by atoms with Crippen molar-refractivity contribution >= 4 is 42.7 Å². The van der Waals surface area contributed by atoms with E-state index in [2.05, 4.69) is 15.6 Å². The van der Waals surface area contributed by atoms with Gasteiger partial charge in [-0.25, -0.2) is 18.2 Å². The van der Waals surface area contributed by atoms with Crippen LogP contribution in [0.1, 0.15) is 13.8 Å². The molecular formula is C16H22N4O4S2. The van der Waals surface area contributed by atoms with Crippen molar-refractivity contribution in [2.24, 2.45) is 0 Å². The second-order valence-corrected chi connectivity index (χ2v) is 9.38. The Hall–Kier alpha value is -1.75. The maximum atomic E-state index is 12.4. The summed E-state index contributed by atoms with van der Waals surface area (Å²) in [4.78, 5) is 16.3. The van der Waals surface area contributed by atoms with Gasteiger partial charge in [-0.1, -0.05) is 23.5 Å². The van der Waals surface area contributed by atoms with Gasteiger partial charge in [0.15, 0.2) is 5.13 Å². The topological polar surface area (TPSA) is 101 Å². The molecule has 2 aromatic rings. The molecule has 3 rings (SSSR count). The number of sulfonamides is 1. The van der Waals surface area contributed by atoms with Crippen molar-refractivity contribution in [3.63, 3.8) is 0 Å². The van der Waals surface area contributed by atoms with Crippen LogP contribution in [0.2, 0.25) is 0 Å². The zero-order valence-electron chi connectivity index (χ0n) is 14.6. The Bertz CT molecular complexity index is 840. The van der Waals surface area contributed by atoms with Crippen LogP contribution in [0.15, 0.2) is 24.3 Å². The molecule has 1 aliphatic heterocycles. The first-order valence-electron chi connectivity index (χ1n) is 8.37. The Morgan fingerprint density at radius 2 is 2.00 bits per heavy atom. The minimum Gasteiger partial charge on any atom is -0.373 e. The Morgan fingerprint density at radius 3 is 2.69 bits per heavy atom. The number of hydrogen-bond acceptors (Lipinski definition) is 6. The number of morpholine rings is 1. The van der Waals surface area contributed by atoms with Crippen molar-refractivity contribution in [3.05, 3.63) is 24.3 Å². The van der Waals surface area contributed by atoms with Gasteiger partial charge in [-0.15, -0.1) is 0 Å². The highest BCUT2D eigenvalue weighted by molar-refractivity contribution is 7.89. The molecule has 142 valence electrons. The molecule has 1 saturated heterocycles. The molecule has 2 unspecified atom stereocenters. The number of carbonyl (C=O) groups excluding carboxylic acids is 1. The van der Waals surface area contributed by atoms with Crippen molar-refractivity contribution < 1.29 is 17.9 Å². The summed E-state index contributed by atoms with van der Waals surface area (Å²) in [6.45, 7) is 4.40. The number of thiazole rings is 1. The lowest BCUT2D eigenvalue weighted by Crippen LogP contribution is -2.49. The minimum absolute atomic E-state index is 0.0270. The quantitative estimate of drug-likeness (QED) is 0.801. The first-order chi connectivity index (χ1) is 12.3. The highest BCUT2D eigenvalue weighted by atomic mass is 32.2.